The zero-order chi connectivity index (χ0) is 26.4. The third-order valence-electron chi connectivity index (χ3n) is 4.25. The number of furan rings is 1. The van der Waals surface area contributed by atoms with Gasteiger partial charge in [-0.3, -0.25) is 24.5 Å². The standard InChI is InChI=1S/C10H10N2O6.C5H11NO2S.C3H7NO3/c13-9(7-3-4-8(18-7)12(16)17)11-5-1-2-6(11)10(14)15;1-9-3-2-4(6)5(7)8;4-2(1-5)3(6)7/h3-4,6H,1-2,5H2,(H,14,15);4H,2-3,6H2,1H3,(H,7,8);2,5H,1,4H2,(H,6,7)/t6-;4-;2-/m000/s1. The number of carboxylic acids is 3. The number of nitrogens with zero attached hydrogens (tertiary/aromatic N) is 2. The minimum Gasteiger partial charge on any atom is -0.480 e. The van der Waals surface area contributed by atoms with Gasteiger partial charge >= 0.3 is 23.8 Å². The van der Waals surface area contributed by atoms with Crippen molar-refractivity contribution in [2.24, 2.45) is 11.5 Å². The Kier molecular flexibility index (Phi) is 14.1. The van der Waals surface area contributed by atoms with E-state index in [1.54, 1.807) is 11.8 Å². The number of nitro groups is 1. The van der Waals surface area contributed by atoms with Gasteiger partial charge in [-0.2, -0.15) is 11.8 Å². The van der Waals surface area contributed by atoms with E-state index in [1.165, 1.54) is 6.07 Å². The first-order valence-corrected chi connectivity index (χ1v) is 11.1. The summed E-state index contributed by atoms with van der Waals surface area (Å²) in [6.45, 7) is -0.195. The van der Waals surface area contributed by atoms with Crippen molar-refractivity contribution >= 4 is 41.5 Å². The second-order valence-corrected chi connectivity index (χ2v) is 7.73. The van der Waals surface area contributed by atoms with Gasteiger partial charge in [0.25, 0.3) is 5.91 Å². The van der Waals surface area contributed by atoms with E-state index in [0.717, 1.165) is 16.7 Å². The molecule has 0 spiro atoms. The molecular formula is C18H28N4O11S. The molecule has 15 nitrogen and oxygen atoms in total. The summed E-state index contributed by atoms with van der Waals surface area (Å²) in [6, 6.07) is -0.448. The number of hydrogen-bond donors (Lipinski definition) is 6. The Balaban J connectivity index is 0.000000571. The van der Waals surface area contributed by atoms with Crippen molar-refractivity contribution in [1.29, 1.82) is 0 Å². The van der Waals surface area contributed by atoms with Gasteiger partial charge in [-0.25, -0.2) is 4.79 Å². The van der Waals surface area contributed by atoms with E-state index in [0.29, 0.717) is 25.8 Å². The number of likely N-dealkylation sites (tertiary alicyclic amines) is 1. The molecule has 3 atom stereocenters. The Bertz CT molecular complexity index is 848. The Morgan fingerprint density at radius 3 is 2.18 bits per heavy atom. The van der Waals surface area contributed by atoms with Crippen molar-refractivity contribution in [3.63, 3.8) is 0 Å². The van der Waals surface area contributed by atoms with E-state index in [2.05, 4.69) is 0 Å². The molecule has 0 unspecified atom stereocenters. The number of amides is 1. The van der Waals surface area contributed by atoms with E-state index in [4.69, 9.17) is 36.3 Å². The summed E-state index contributed by atoms with van der Waals surface area (Å²) in [7, 11) is 0. The van der Waals surface area contributed by atoms with Crippen molar-refractivity contribution in [3.8, 4) is 0 Å². The van der Waals surface area contributed by atoms with E-state index in [1.807, 2.05) is 6.26 Å². The number of thioether (sulfide) groups is 1. The highest BCUT2D eigenvalue weighted by Gasteiger charge is 2.36. The van der Waals surface area contributed by atoms with Crippen molar-refractivity contribution in [1.82, 2.24) is 4.90 Å². The van der Waals surface area contributed by atoms with Gasteiger partial charge in [0.2, 0.25) is 0 Å². The summed E-state index contributed by atoms with van der Waals surface area (Å²) in [4.78, 5) is 53.4. The second-order valence-electron chi connectivity index (χ2n) is 6.74. The smallest absolute Gasteiger partial charge is 0.433 e. The van der Waals surface area contributed by atoms with E-state index >= 15 is 0 Å². The maximum atomic E-state index is 11.9. The Hall–Kier alpha value is -3.21. The zero-order valence-electron chi connectivity index (χ0n) is 18.2. The minimum atomic E-state index is -1.18. The van der Waals surface area contributed by atoms with Crippen LogP contribution in [0.2, 0.25) is 0 Å². The van der Waals surface area contributed by atoms with Crippen LogP contribution >= 0.6 is 11.8 Å². The lowest BCUT2D eigenvalue weighted by molar-refractivity contribution is -0.402. The molecule has 2 rings (SSSR count). The second kappa shape index (κ2) is 15.6. The molecule has 0 bridgehead atoms. The largest absolute Gasteiger partial charge is 0.480 e. The van der Waals surface area contributed by atoms with Crippen LogP contribution in [0.4, 0.5) is 5.88 Å². The first-order chi connectivity index (χ1) is 15.9. The van der Waals surface area contributed by atoms with Crippen LogP contribution in [0.3, 0.4) is 0 Å². The molecule has 1 aliphatic heterocycles. The predicted molar refractivity (Wildman–Crippen MR) is 118 cm³/mol. The fraction of sp³-hybridized carbons (Fsp3) is 0.556. The average molecular weight is 509 g/mol. The van der Waals surface area contributed by atoms with Gasteiger partial charge in [0.1, 0.15) is 23.0 Å². The molecule has 1 aliphatic rings. The number of aliphatic carboxylic acids is 3. The molecule has 0 aromatic carbocycles. The number of aliphatic hydroxyl groups excluding tert-OH is 1. The van der Waals surface area contributed by atoms with Gasteiger partial charge in [0.15, 0.2) is 5.76 Å². The van der Waals surface area contributed by atoms with E-state index in [9.17, 15) is 29.3 Å². The molecule has 16 heteroatoms. The summed E-state index contributed by atoms with van der Waals surface area (Å²) >= 11 is 1.60. The average Bonchev–Trinajstić information content (AvgIpc) is 3.47. The Morgan fingerprint density at radius 2 is 1.79 bits per heavy atom. The summed E-state index contributed by atoms with van der Waals surface area (Å²) in [5.74, 6) is -3.74. The lowest BCUT2D eigenvalue weighted by Gasteiger charge is -2.19. The molecule has 1 aromatic rings. The van der Waals surface area contributed by atoms with Gasteiger partial charge in [0, 0.05) is 6.54 Å². The summed E-state index contributed by atoms with van der Waals surface area (Å²) < 4.78 is 4.76. The molecule has 2 heterocycles. The van der Waals surface area contributed by atoms with Crippen molar-refractivity contribution in [2.75, 3.05) is 25.2 Å². The lowest BCUT2D eigenvalue weighted by Crippen LogP contribution is -2.40. The number of rotatable bonds is 9. The van der Waals surface area contributed by atoms with Crippen LogP contribution in [0.25, 0.3) is 0 Å². The molecular weight excluding hydrogens is 480 g/mol. The number of carbonyl (C=O) groups excluding carboxylic acids is 1. The van der Waals surface area contributed by atoms with Crippen LogP contribution in [-0.2, 0) is 14.4 Å². The van der Waals surface area contributed by atoms with Crippen molar-refractivity contribution in [3.05, 3.63) is 28.0 Å². The molecule has 8 N–H and O–H groups in total. The van der Waals surface area contributed by atoms with Crippen LogP contribution in [-0.4, -0.2) is 97.4 Å². The van der Waals surface area contributed by atoms with Gasteiger partial charge in [0.05, 0.1) is 12.7 Å². The highest BCUT2D eigenvalue weighted by Crippen LogP contribution is 2.23. The molecule has 1 aromatic heterocycles. The van der Waals surface area contributed by atoms with Crippen LogP contribution in [0.1, 0.15) is 29.8 Å². The fourth-order valence-corrected chi connectivity index (χ4v) is 2.88. The van der Waals surface area contributed by atoms with Crippen molar-refractivity contribution < 1.29 is 48.9 Å². The number of aliphatic hydroxyl groups is 1. The third-order valence-corrected chi connectivity index (χ3v) is 4.89. The summed E-state index contributed by atoms with van der Waals surface area (Å²) in [5, 5.41) is 43.5. The minimum absolute atomic E-state index is 0.213. The molecule has 34 heavy (non-hydrogen) atoms. The number of hydrogen-bond acceptors (Lipinski definition) is 11. The van der Waals surface area contributed by atoms with Crippen LogP contribution in [0, 0.1) is 10.1 Å². The normalized spacial score (nSPS) is 16.2. The van der Waals surface area contributed by atoms with E-state index < -0.39 is 59.4 Å². The number of nitrogens with two attached hydrogens (primary N) is 2. The van der Waals surface area contributed by atoms with Gasteiger partial charge in [-0.1, -0.05) is 0 Å². The van der Waals surface area contributed by atoms with Gasteiger partial charge in [-0.05, 0) is 37.3 Å². The van der Waals surface area contributed by atoms with E-state index in [-0.39, 0.29) is 5.76 Å². The number of carbonyl (C=O) groups is 4. The Labute approximate surface area is 197 Å². The first kappa shape index (κ1) is 30.8. The lowest BCUT2D eigenvalue weighted by atomic mass is 10.2. The molecule has 0 saturated carbocycles. The van der Waals surface area contributed by atoms with Gasteiger partial charge in [-0.15, -0.1) is 0 Å². The monoisotopic (exact) mass is 508 g/mol. The molecule has 0 radical (unpaired) electrons. The molecule has 0 aliphatic carbocycles. The Morgan fingerprint density at radius 1 is 1.21 bits per heavy atom. The molecule has 192 valence electrons. The predicted octanol–water partition coefficient (Wildman–Crippen LogP) is -0.581. The SMILES string of the molecule is CSCC[C@H](N)C(=O)O.N[C@@H](CO)C(=O)O.O=C(O)[C@@H]1CCCN1C(=O)c1ccc([N+](=O)[O-])o1. The summed E-state index contributed by atoms with van der Waals surface area (Å²) in [5.41, 5.74) is 9.96. The summed E-state index contributed by atoms with van der Waals surface area (Å²) in [6.07, 6.45) is 3.44. The quantitative estimate of drug-likeness (QED) is 0.180. The highest BCUT2D eigenvalue weighted by atomic mass is 32.2. The topological polar surface area (TPSA) is 261 Å². The molecule has 1 saturated heterocycles. The van der Waals surface area contributed by atoms with Crippen LogP contribution in [0.5, 0.6) is 0 Å². The molecule has 1 amide bonds. The maximum absolute atomic E-state index is 11.9. The van der Waals surface area contributed by atoms with Crippen LogP contribution in [0.15, 0.2) is 16.5 Å². The third kappa shape index (κ3) is 10.6. The maximum Gasteiger partial charge on any atom is 0.433 e. The fourth-order valence-electron chi connectivity index (χ4n) is 2.40. The first-order valence-electron chi connectivity index (χ1n) is 9.71. The van der Waals surface area contributed by atoms with Crippen molar-refractivity contribution in [2.45, 2.75) is 37.4 Å². The highest BCUT2D eigenvalue weighted by molar-refractivity contribution is 7.98. The van der Waals surface area contributed by atoms with Crippen LogP contribution < -0.4 is 11.5 Å². The molecule has 1 fully saturated rings. The van der Waals surface area contributed by atoms with Gasteiger partial charge < -0.3 is 41.2 Å². The number of carboxylic acid groups (broad SMARTS) is 3. The zero-order valence-corrected chi connectivity index (χ0v) is 19.0.